The number of carbonyl (C=O) groups excluding carboxylic acids is 2. The SMILES string of the molecule is C=CCNC(=O)C1(Cc2cccc(-c3ccncc3)c2)CCCN(C(=O)C2CCCC2)C1. The first-order valence-corrected chi connectivity index (χ1v) is 11.8. The molecule has 1 aliphatic carbocycles. The molecule has 5 heteroatoms. The first-order chi connectivity index (χ1) is 15.6. The normalized spacial score (nSPS) is 21.3. The molecule has 2 aromatic rings. The summed E-state index contributed by atoms with van der Waals surface area (Å²) in [5.74, 6) is 0.404. The van der Waals surface area contributed by atoms with Crippen molar-refractivity contribution >= 4 is 11.8 Å². The monoisotopic (exact) mass is 431 g/mol. The van der Waals surface area contributed by atoms with Gasteiger partial charge >= 0.3 is 0 Å². The van der Waals surface area contributed by atoms with Gasteiger partial charge in [-0.3, -0.25) is 14.6 Å². The van der Waals surface area contributed by atoms with Crippen LogP contribution in [0.25, 0.3) is 11.1 Å². The summed E-state index contributed by atoms with van der Waals surface area (Å²) >= 11 is 0. The second kappa shape index (κ2) is 10.1. The van der Waals surface area contributed by atoms with Crippen molar-refractivity contribution in [3.8, 4) is 11.1 Å². The van der Waals surface area contributed by atoms with Gasteiger partial charge in [0, 0.05) is 37.9 Å². The summed E-state index contributed by atoms with van der Waals surface area (Å²) < 4.78 is 0. The van der Waals surface area contributed by atoms with E-state index < -0.39 is 5.41 Å². The average molecular weight is 432 g/mol. The Morgan fingerprint density at radius 3 is 2.66 bits per heavy atom. The van der Waals surface area contributed by atoms with Crippen LogP contribution >= 0.6 is 0 Å². The zero-order valence-electron chi connectivity index (χ0n) is 18.8. The average Bonchev–Trinajstić information content (AvgIpc) is 3.38. The number of amides is 2. The van der Waals surface area contributed by atoms with Crippen LogP contribution in [0.4, 0.5) is 0 Å². The van der Waals surface area contributed by atoms with Gasteiger partial charge in [0.25, 0.3) is 0 Å². The van der Waals surface area contributed by atoms with Crippen LogP contribution < -0.4 is 5.32 Å². The van der Waals surface area contributed by atoms with Gasteiger partial charge in [-0.2, -0.15) is 0 Å². The molecule has 5 nitrogen and oxygen atoms in total. The van der Waals surface area contributed by atoms with E-state index >= 15 is 0 Å². The maximum atomic E-state index is 13.4. The number of hydrogen-bond donors (Lipinski definition) is 1. The predicted molar refractivity (Wildman–Crippen MR) is 127 cm³/mol. The molecule has 2 amide bonds. The summed E-state index contributed by atoms with van der Waals surface area (Å²) in [6.07, 6.45) is 11.8. The molecule has 1 aromatic carbocycles. The number of benzene rings is 1. The first kappa shape index (κ1) is 22.3. The molecule has 168 valence electrons. The summed E-state index contributed by atoms with van der Waals surface area (Å²) in [5, 5.41) is 3.04. The molecule has 2 fully saturated rings. The molecule has 1 atom stereocenters. The molecule has 1 saturated carbocycles. The van der Waals surface area contributed by atoms with Gasteiger partial charge in [-0.05, 0) is 60.9 Å². The molecule has 1 aliphatic heterocycles. The van der Waals surface area contributed by atoms with E-state index in [2.05, 4.69) is 35.1 Å². The van der Waals surface area contributed by atoms with Crippen molar-refractivity contribution in [2.24, 2.45) is 11.3 Å². The Morgan fingerprint density at radius 2 is 1.91 bits per heavy atom. The fourth-order valence-electron chi connectivity index (χ4n) is 5.31. The molecule has 1 aromatic heterocycles. The summed E-state index contributed by atoms with van der Waals surface area (Å²) in [6.45, 7) is 5.42. The fourth-order valence-corrected chi connectivity index (χ4v) is 5.31. The lowest BCUT2D eigenvalue weighted by molar-refractivity contribution is -0.144. The molecular formula is C27H33N3O2. The third kappa shape index (κ3) is 4.93. The van der Waals surface area contributed by atoms with Crippen molar-refractivity contribution < 1.29 is 9.59 Å². The van der Waals surface area contributed by atoms with Crippen molar-refractivity contribution in [2.45, 2.75) is 44.9 Å². The van der Waals surface area contributed by atoms with Crippen LogP contribution in [-0.2, 0) is 16.0 Å². The Morgan fingerprint density at radius 1 is 1.12 bits per heavy atom. The van der Waals surface area contributed by atoms with E-state index in [1.807, 2.05) is 23.1 Å². The van der Waals surface area contributed by atoms with E-state index in [9.17, 15) is 9.59 Å². The zero-order valence-corrected chi connectivity index (χ0v) is 18.8. The number of hydrogen-bond acceptors (Lipinski definition) is 3. The molecule has 0 bridgehead atoms. The Bertz CT molecular complexity index is 952. The van der Waals surface area contributed by atoms with E-state index in [0.717, 1.165) is 61.8 Å². The van der Waals surface area contributed by atoms with Crippen molar-refractivity contribution in [3.63, 3.8) is 0 Å². The lowest BCUT2D eigenvalue weighted by Crippen LogP contribution is -2.55. The minimum Gasteiger partial charge on any atom is -0.352 e. The van der Waals surface area contributed by atoms with Gasteiger partial charge < -0.3 is 10.2 Å². The third-order valence-corrected chi connectivity index (χ3v) is 6.96. The molecule has 2 heterocycles. The van der Waals surface area contributed by atoms with Crippen LogP contribution in [0, 0.1) is 11.3 Å². The van der Waals surface area contributed by atoms with Gasteiger partial charge in [0.1, 0.15) is 0 Å². The first-order valence-electron chi connectivity index (χ1n) is 11.8. The van der Waals surface area contributed by atoms with Crippen LogP contribution in [0.3, 0.4) is 0 Å². The van der Waals surface area contributed by atoms with E-state index in [1.165, 1.54) is 0 Å². The molecule has 1 saturated heterocycles. The number of carbonyl (C=O) groups is 2. The highest BCUT2D eigenvalue weighted by Gasteiger charge is 2.44. The number of piperidine rings is 1. The molecule has 32 heavy (non-hydrogen) atoms. The Kier molecular flexibility index (Phi) is 7.03. The molecule has 2 aliphatic rings. The topological polar surface area (TPSA) is 62.3 Å². The number of pyridine rings is 1. The van der Waals surface area contributed by atoms with Crippen LogP contribution in [0.15, 0.2) is 61.4 Å². The van der Waals surface area contributed by atoms with E-state index in [-0.39, 0.29) is 17.7 Å². The summed E-state index contributed by atoms with van der Waals surface area (Å²) in [5.41, 5.74) is 2.71. The molecule has 0 spiro atoms. The Balaban J connectivity index is 1.60. The number of likely N-dealkylation sites (tertiary alicyclic amines) is 1. The molecule has 4 rings (SSSR count). The molecule has 1 N–H and O–H groups in total. The largest absolute Gasteiger partial charge is 0.352 e. The minimum absolute atomic E-state index is 0.0237. The zero-order chi connectivity index (χ0) is 22.4. The predicted octanol–water partition coefficient (Wildman–Crippen LogP) is 4.39. The number of rotatable bonds is 7. The molecule has 0 radical (unpaired) electrons. The number of nitrogens with zero attached hydrogens (tertiary/aromatic N) is 2. The second-order valence-electron chi connectivity index (χ2n) is 9.24. The van der Waals surface area contributed by atoms with Gasteiger partial charge in [-0.25, -0.2) is 0 Å². The van der Waals surface area contributed by atoms with Gasteiger partial charge in [-0.1, -0.05) is 43.2 Å². The molecular weight excluding hydrogens is 398 g/mol. The van der Waals surface area contributed by atoms with Gasteiger partial charge in [0.15, 0.2) is 0 Å². The fraction of sp³-hybridized carbons (Fsp3) is 0.444. The van der Waals surface area contributed by atoms with Crippen LogP contribution in [0.1, 0.15) is 44.1 Å². The Labute approximate surface area is 190 Å². The summed E-state index contributed by atoms with van der Waals surface area (Å²) in [7, 11) is 0. The van der Waals surface area contributed by atoms with Crippen LogP contribution in [0.5, 0.6) is 0 Å². The quantitative estimate of drug-likeness (QED) is 0.661. The van der Waals surface area contributed by atoms with Crippen molar-refractivity contribution in [3.05, 3.63) is 67.0 Å². The number of aromatic nitrogens is 1. The maximum absolute atomic E-state index is 13.4. The van der Waals surface area contributed by atoms with Crippen molar-refractivity contribution in [1.29, 1.82) is 0 Å². The third-order valence-electron chi connectivity index (χ3n) is 6.96. The van der Waals surface area contributed by atoms with Gasteiger partial charge in [0.05, 0.1) is 5.41 Å². The van der Waals surface area contributed by atoms with Crippen LogP contribution in [-0.4, -0.2) is 41.3 Å². The standard InChI is InChI=1S/C27H33N3O2/c1-2-14-29-26(32)27(13-6-17-30(20-27)25(31)23-8-3-4-9-23)19-21-7-5-10-24(18-21)22-11-15-28-16-12-22/h2,5,7,10-12,15-16,18,23H,1,3-4,6,8-9,13-14,17,19-20H2,(H,29,32). The van der Waals surface area contributed by atoms with Gasteiger partial charge in [0.2, 0.25) is 11.8 Å². The Hall–Kier alpha value is -2.95. The lowest BCUT2D eigenvalue weighted by Gasteiger charge is -2.42. The van der Waals surface area contributed by atoms with Crippen molar-refractivity contribution in [2.75, 3.05) is 19.6 Å². The van der Waals surface area contributed by atoms with Crippen LogP contribution in [0.2, 0.25) is 0 Å². The van der Waals surface area contributed by atoms with E-state index in [0.29, 0.717) is 19.5 Å². The lowest BCUT2D eigenvalue weighted by atomic mass is 9.73. The second-order valence-corrected chi connectivity index (χ2v) is 9.24. The highest BCUT2D eigenvalue weighted by atomic mass is 16.2. The highest BCUT2D eigenvalue weighted by Crippen LogP contribution is 2.37. The van der Waals surface area contributed by atoms with E-state index in [1.54, 1.807) is 18.5 Å². The van der Waals surface area contributed by atoms with Gasteiger partial charge in [-0.15, -0.1) is 6.58 Å². The maximum Gasteiger partial charge on any atom is 0.228 e. The molecule has 1 unspecified atom stereocenters. The van der Waals surface area contributed by atoms with Crippen molar-refractivity contribution in [1.82, 2.24) is 15.2 Å². The highest BCUT2D eigenvalue weighted by molar-refractivity contribution is 5.85. The number of nitrogens with one attached hydrogen (secondary N) is 1. The summed E-state index contributed by atoms with van der Waals surface area (Å²) in [6, 6.07) is 12.4. The minimum atomic E-state index is -0.619. The summed E-state index contributed by atoms with van der Waals surface area (Å²) in [4.78, 5) is 32.7. The van der Waals surface area contributed by atoms with E-state index in [4.69, 9.17) is 0 Å². The smallest absolute Gasteiger partial charge is 0.228 e.